The van der Waals surface area contributed by atoms with Gasteiger partial charge in [0.05, 0.1) is 6.04 Å². The van der Waals surface area contributed by atoms with Crippen molar-refractivity contribution in [2.75, 3.05) is 13.7 Å². The summed E-state index contributed by atoms with van der Waals surface area (Å²) in [7, 11) is 2.05. The molecule has 1 aliphatic heterocycles. The molecule has 1 aromatic carbocycles. The summed E-state index contributed by atoms with van der Waals surface area (Å²) in [5, 5.41) is 3.49. The number of nitrogens with one attached hydrogen (secondary N) is 1. The Labute approximate surface area is 121 Å². The van der Waals surface area contributed by atoms with Crippen molar-refractivity contribution in [1.29, 1.82) is 0 Å². The summed E-state index contributed by atoms with van der Waals surface area (Å²) in [5.41, 5.74) is 0. The maximum atomic E-state index is 6.19. The molecule has 1 aliphatic carbocycles. The minimum atomic E-state index is 0.116. The number of para-hydroxylation sites is 2. The van der Waals surface area contributed by atoms with Crippen molar-refractivity contribution in [2.24, 2.45) is 11.8 Å². The van der Waals surface area contributed by atoms with Crippen LogP contribution in [0.5, 0.6) is 11.5 Å². The minimum Gasteiger partial charge on any atom is -0.486 e. The van der Waals surface area contributed by atoms with Crippen molar-refractivity contribution >= 4 is 0 Å². The van der Waals surface area contributed by atoms with E-state index < -0.39 is 0 Å². The number of hydrogen-bond donors (Lipinski definition) is 1. The van der Waals surface area contributed by atoms with Crippen LogP contribution in [0.15, 0.2) is 24.3 Å². The summed E-state index contributed by atoms with van der Waals surface area (Å²) < 4.78 is 12.1. The highest BCUT2D eigenvalue weighted by Gasteiger charge is 2.35. The Morgan fingerprint density at radius 3 is 2.75 bits per heavy atom. The van der Waals surface area contributed by atoms with Crippen molar-refractivity contribution in [3.63, 3.8) is 0 Å². The van der Waals surface area contributed by atoms with Crippen molar-refractivity contribution in [1.82, 2.24) is 5.32 Å². The van der Waals surface area contributed by atoms with E-state index in [-0.39, 0.29) is 6.10 Å². The van der Waals surface area contributed by atoms with E-state index in [2.05, 4.69) is 12.2 Å². The van der Waals surface area contributed by atoms with Crippen LogP contribution in [-0.4, -0.2) is 25.8 Å². The van der Waals surface area contributed by atoms with Gasteiger partial charge in [0.2, 0.25) is 0 Å². The number of benzene rings is 1. The molecule has 1 saturated carbocycles. The van der Waals surface area contributed by atoms with E-state index in [1.54, 1.807) is 0 Å². The zero-order valence-corrected chi connectivity index (χ0v) is 12.5. The number of ether oxygens (including phenoxy) is 2. The highest BCUT2D eigenvalue weighted by molar-refractivity contribution is 5.40. The highest BCUT2D eigenvalue weighted by atomic mass is 16.6. The van der Waals surface area contributed by atoms with E-state index >= 15 is 0 Å². The third-order valence-electron chi connectivity index (χ3n) is 4.75. The van der Waals surface area contributed by atoms with Gasteiger partial charge in [0.15, 0.2) is 11.5 Å². The Kier molecular flexibility index (Phi) is 4.16. The summed E-state index contributed by atoms with van der Waals surface area (Å²) in [4.78, 5) is 0. The lowest BCUT2D eigenvalue weighted by Crippen LogP contribution is -2.51. The largest absolute Gasteiger partial charge is 0.486 e. The van der Waals surface area contributed by atoms with E-state index in [4.69, 9.17) is 9.47 Å². The van der Waals surface area contributed by atoms with Gasteiger partial charge < -0.3 is 14.8 Å². The second-order valence-electron chi connectivity index (χ2n) is 6.26. The van der Waals surface area contributed by atoms with Crippen molar-refractivity contribution in [3.05, 3.63) is 24.3 Å². The molecule has 3 heteroatoms. The quantitative estimate of drug-likeness (QED) is 0.918. The van der Waals surface area contributed by atoms with Gasteiger partial charge in [0, 0.05) is 0 Å². The van der Waals surface area contributed by atoms with Gasteiger partial charge in [0.25, 0.3) is 0 Å². The first-order valence-electron chi connectivity index (χ1n) is 7.83. The molecule has 1 heterocycles. The fourth-order valence-corrected chi connectivity index (χ4v) is 3.75. The summed E-state index contributed by atoms with van der Waals surface area (Å²) in [5.74, 6) is 3.28. The van der Waals surface area contributed by atoms with E-state index in [1.807, 2.05) is 31.3 Å². The van der Waals surface area contributed by atoms with E-state index in [9.17, 15) is 0 Å². The maximum absolute atomic E-state index is 6.19. The average Bonchev–Trinajstić information content (AvgIpc) is 2.48. The molecular weight excluding hydrogens is 250 g/mol. The van der Waals surface area contributed by atoms with Gasteiger partial charge in [-0.15, -0.1) is 0 Å². The zero-order chi connectivity index (χ0) is 13.9. The lowest BCUT2D eigenvalue weighted by molar-refractivity contribution is 0.0351. The van der Waals surface area contributed by atoms with Crippen LogP contribution in [0, 0.1) is 11.8 Å². The summed E-state index contributed by atoms with van der Waals surface area (Å²) in [6, 6.07) is 8.34. The molecule has 0 spiro atoms. The number of hydrogen-bond acceptors (Lipinski definition) is 3. The topological polar surface area (TPSA) is 30.5 Å². The zero-order valence-electron chi connectivity index (χ0n) is 12.5. The van der Waals surface area contributed by atoms with Gasteiger partial charge >= 0.3 is 0 Å². The molecule has 4 unspecified atom stereocenters. The highest BCUT2D eigenvalue weighted by Crippen LogP contribution is 2.36. The smallest absolute Gasteiger partial charge is 0.161 e. The molecule has 20 heavy (non-hydrogen) atoms. The first-order chi connectivity index (χ1) is 9.78. The summed E-state index contributed by atoms with van der Waals surface area (Å²) in [6.45, 7) is 3.01. The van der Waals surface area contributed by atoms with Crippen LogP contribution < -0.4 is 14.8 Å². The molecule has 1 fully saturated rings. The van der Waals surface area contributed by atoms with Crippen LogP contribution in [0.3, 0.4) is 0 Å². The van der Waals surface area contributed by atoms with Gasteiger partial charge in [-0.25, -0.2) is 0 Å². The summed E-state index contributed by atoms with van der Waals surface area (Å²) in [6.07, 6.45) is 5.43. The Bertz CT molecular complexity index is 448. The Morgan fingerprint density at radius 1 is 1.20 bits per heavy atom. The third kappa shape index (κ3) is 2.78. The summed E-state index contributed by atoms with van der Waals surface area (Å²) >= 11 is 0. The molecule has 1 N–H and O–H groups in total. The van der Waals surface area contributed by atoms with Gasteiger partial charge in [-0.05, 0) is 43.9 Å². The molecule has 4 atom stereocenters. The molecule has 0 aromatic heterocycles. The van der Waals surface area contributed by atoms with Gasteiger partial charge in [-0.2, -0.15) is 0 Å². The fourth-order valence-electron chi connectivity index (χ4n) is 3.75. The predicted octanol–water partition coefficient (Wildman–Crippen LogP) is 3.24. The first kappa shape index (κ1) is 13.7. The molecule has 0 bridgehead atoms. The van der Waals surface area contributed by atoms with Crippen molar-refractivity contribution < 1.29 is 9.47 Å². The fraction of sp³-hybridized carbons (Fsp3) is 0.647. The third-order valence-corrected chi connectivity index (χ3v) is 4.75. The molecule has 110 valence electrons. The Hall–Kier alpha value is -1.22. The second-order valence-corrected chi connectivity index (χ2v) is 6.26. The predicted molar refractivity (Wildman–Crippen MR) is 80.3 cm³/mol. The van der Waals surface area contributed by atoms with Gasteiger partial charge in [0.1, 0.15) is 12.7 Å². The Balaban J connectivity index is 1.71. The molecular formula is C17H25NO2. The standard InChI is InChI=1S/C17H25NO2/c1-12-6-5-7-13(10-12)17(18-2)16-11-19-14-8-3-4-9-15(14)20-16/h3-4,8-9,12-13,16-18H,5-7,10-11H2,1-2H3. The van der Waals surface area contributed by atoms with Gasteiger partial charge in [-0.1, -0.05) is 31.9 Å². The SMILES string of the molecule is CNC(C1CCCC(C)C1)C1COc2ccccc2O1. The lowest BCUT2D eigenvalue weighted by Gasteiger charge is -2.39. The lowest BCUT2D eigenvalue weighted by atomic mass is 9.77. The molecule has 3 rings (SSSR count). The number of rotatable bonds is 3. The van der Waals surface area contributed by atoms with Crippen molar-refractivity contribution in [2.45, 2.75) is 44.8 Å². The number of likely N-dealkylation sites (N-methyl/N-ethyl adjacent to an activating group) is 1. The molecule has 0 amide bonds. The van der Waals surface area contributed by atoms with Crippen LogP contribution in [0.4, 0.5) is 0 Å². The monoisotopic (exact) mass is 275 g/mol. The first-order valence-corrected chi connectivity index (χ1v) is 7.83. The number of fused-ring (bicyclic) bond motifs is 1. The Morgan fingerprint density at radius 2 is 2.00 bits per heavy atom. The molecule has 2 aliphatic rings. The molecule has 0 radical (unpaired) electrons. The van der Waals surface area contributed by atoms with Crippen LogP contribution in [-0.2, 0) is 0 Å². The molecule has 1 aromatic rings. The van der Waals surface area contributed by atoms with Gasteiger partial charge in [-0.3, -0.25) is 0 Å². The van der Waals surface area contributed by atoms with Crippen LogP contribution in [0.25, 0.3) is 0 Å². The van der Waals surface area contributed by atoms with Crippen LogP contribution in [0.1, 0.15) is 32.6 Å². The van der Waals surface area contributed by atoms with E-state index in [1.165, 1.54) is 25.7 Å². The van der Waals surface area contributed by atoms with E-state index in [0.717, 1.165) is 17.4 Å². The molecule has 3 nitrogen and oxygen atoms in total. The van der Waals surface area contributed by atoms with Crippen LogP contribution >= 0.6 is 0 Å². The minimum absolute atomic E-state index is 0.116. The van der Waals surface area contributed by atoms with Crippen LogP contribution in [0.2, 0.25) is 0 Å². The van der Waals surface area contributed by atoms with Crippen molar-refractivity contribution in [3.8, 4) is 11.5 Å². The second kappa shape index (κ2) is 6.04. The average molecular weight is 275 g/mol. The van der Waals surface area contributed by atoms with E-state index in [0.29, 0.717) is 18.6 Å². The molecule has 0 saturated heterocycles. The maximum Gasteiger partial charge on any atom is 0.161 e. The normalized spacial score (nSPS) is 30.8.